The lowest BCUT2D eigenvalue weighted by Crippen LogP contribution is -2.19. The number of hydrogen-bond acceptors (Lipinski definition) is 3. The van der Waals surface area contributed by atoms with E-state index in [-0.39, 0.29) is 0 Å². The number of aromatic nitrogens is 2. The van der Waals surface area contributed by atoms with E-state index in [4.69, 9.17) is 10.5 Å². The molecule has 1 aliphatic carbocycles. The number of fused-ring (bicyclic) bond motifs is 1. The largest absolute Gasteiger partial charge is 0.492 e. The van der Waals surface area contributed by atoms with Crippen LogP contribution >= 0.6 is 0 Å². The van der Waals surface area contributed by atoms with E-state index in [1.54, 1.807) is 0 Å². The minimum atomic E-state index is 0.481. The fourth-order valence-electron chi connectivity index (χ4n) is 3.58. The lowest BCUT2D eigenvalue weighted by molar-refractivity contribution is 0.275. The molecule has 4 nitrogen and oxygen atoms in total. The van der Waals surface area contributed by atoms with Gasteiger partial charge in [0.05, 0.1) is 12.1 Å². The van der Waals surface area contributed by atoms with Crippen LogP contribution in [0.5, 0.6) is 5.75 Å². The van der Waals surface area contributed by atoms with E-state index in [1.807, 2.05) is 19.1 Å². The van der Waals surface area contributed by atoms with Gasteiger partial charge in [0, 0.05) is 6.04 Å². The number of ether oxygens (including phenoxy) is 1. The monoisotopic (exact) mass is 287 g/mol. The molecule has 0 unspecified atom stereocenters. The maximum absolute atomic E-state index is 6.21. The van der Waals surface area contributed by atoms with Crippen LogP contribution in [0.25, 0.3) is 11.0 Å². The van der Waals surface area contributed by atoms with E-state index in [0.29, 0.717) is 18.6 Å². The zero-order valence-electron chi connectivity index (χ0n) is 13.0. The molecule has 1 fully saturated rings. The van der Waals surface area contributed by atoms with Gasteiger partial charge in [0.25, 0.3) is 0 Å². The maximum atomic E-state index is 6.21. The summed E-state index contributed by atoms with van der Waals surface area (Å²) < 4.78 is 7.90. The Balaban J connectivity index is 1.95. The Labute approximate surface area is 126 Å². The van der Waals surface area contributed by atoms with Gasteiger partial charge in [-0.15, -0.1) is 0 Å². The van der Waals surface area contributed by atoms with Crippen molar-refractivity contribution in [1.82, 2.24) is 9.55 Å². The van der Waals surface area contributed by atoms with Gasteiger partial charge in [-0.05, 0) is 50.7 Å². The summed E-state index contributed by atoms with van der Waals surface area (Å²) >= 11 is 0. The van der Waals surface area contributed by atoms with Gasteiger partial charge in [0.1, 0.15) is 11.3 Å². The average Bonchev–Trinajstić information content (AvgIpc) is 2.85. The van der Waals surface area contributed by atoms with E-state index in [0.717, 1.165) is 22.7 Å². The third-order valence-electron chi connectivity index (χ3n) is 4.77. The van der Waals surface area contributed by atoms with Crippen LogP contribution < -0.4 is 10.5 Å². The average molecular weight is 287 g/mol. The highest BCUT2D eigenvalue weighted by atomic mass is 16.5. The Morgan fingerprint density at radius 3 is 2.67 bits per heavy atom. The Bertz CT molecular complexity index is 612. The van der Waals surface area contributed by atoms with Crippen LogP contribution in [-0.2, 0) is 0 Å². The number of rotatable bonds is 4. The fraction of sp³-hybridized carbons (Fsp3) is 0.588. The highest BCUT2D eigenvalue weighted by molar-refractivity contribution is 5.84. The summed E-state index contributed by atoms with van der Waals surface area (Å²) in [5.74, 6) is 2.34. The molecule has 1 aliphatic rings. The molecule has 0 amide bonds. The number of para-hydroxylation sites is 1. The molecule has 0 bridgehead atoms. The number of nitrogens with two attached hydrogens (primary N) is 1. The fourth-order valence-corrected chi connectivity index (χ4v) is 3.58. The summed E-state index contributed by atoms with van der Waals surface area (Å²) in [6.45, 7) is 4.93. The van der Waals surface area contributed by atoms with Gasteiger partial charge < -0.3 is 15.0 Å². The van der Waals surface area contributed by atoms with Crippen molar-refractivity contribution in [2.24, 2.45) is 5.92 Å². The third kappa shape index (κ3) is 2.59. The first-order chi connectivity index (χ1) is 10.2. The minimum absolute atomic E-state index is 0.481. The molecule has 0 aliphatic heterocycles. The predicted molar refractivity (Wildman–Crippen MR) is 86.6 cm³/mol. The molecule has 2 aromatic rings. The van der Waals surface area contributed by atoms with Gasteiger partial charge in [-0.1, -0.05) is 19.4 Å². The summed E-state index contributed by atoms with van der Waals surface area (Å²) in [7, 11) is 0. The smallest absolute Gasteiger partial charge is 0.201 e. The van der Waals surface area contributed by atoms with Gasteiger partial charge in [0.15, 0.2) is 0 Å². The molecule has 3 rings (SSSR count). The van der Waals surface area contributed by atoms with Crippen molar-refractivity contribution >= 4 is 17.0 Å². The first-order valence-corrected chi connectivity index (χ1v) is 8.13. The van der Waals surface area contributed by atoms with Gasteiger partial charge in [-0.25, -0.2) is 4.98 Å². The first kappa shape index (κ1) is 14.2. The lowest BCUT2D eigenvalue weighted by atomic mass is 9.84. The number of nitrogen functional groups attached to an aromatic ring is 1. The molecule has 114 valence electrons. The third-order valence-corrected chi connectivity index (χ3v) is 4.77. The number of anilines is 1. The SMILES string of the molecule is CCOc1cccc2c1nc(N)n2C1CCC(CC)CC1. The zero-order valence-corrected chi connectivity index (χ0v) is 13.0. The molecule has 1 saturated carbocycles. The second kappa shape index (κ2) is 5.96. The van der Waals surface area contributed by atoms with Crippen LogP contribution in [-0.4, -0.2) is 16.2 Å². The molecule has 1 aromatic heterocycles. The standard InChI is InChI=1S/C17H25N3O/c1-3-12-8-10-13(11-9-12)20-14-6-5-7-15(21-4-2)16(14)19-17(20)18/h5-7,12-13H,3-4,8-11H2,1-2H3,(H2,18,19). The highest BCUT2D eigenvalue weighted by Crippen LogP contribution is 2.38. The highest BCUT2D eigenvalue weighted by Gasteiger charge is 2.25. The Morgan fingerprint density at radius 2 is 2.00 bits per heavy atom. The molecule has 0 radical (unpaired) electrons. The second-order valence-corrected chi connectivity index (χ2v) is 5.98. The molecule has 21 heavy (non-hydrogen) atoms. The summed E-state index contributed by atoms with van der Waals surface area (Å²) in [4.78, 5) is 4.56. The van der Waals surface area contributed by atoms with Crippen LogP contribution in [0.1, 0.15) is 52.0 Å². The van der Waals surface area contributed by atoms with Crippen molar-refractivity contribution in [3.8, 4) is 5.75 Å². The lowest BCUT2D eigenvalue weighted by Gasteiger charge is -2.29. The molecule has 0 saturated heterocycles. The molecular weight excluding hydrogens is 262 g/mol. The summed E-state index contributed by atoms with van der Waals surface area (Å²) in [6, 6.07) is 6.58. The molecule has 0 atom stereocenters. The van der Waals surface area contributed by atoms with Crippen LogP contribution in [0.3, 0.4) is 0 Å². The van der Waals surface area contributed by atoms with Gasteiger partial charge in [0.2, 0.25) is 5.95 Å². The Kier molecular flexibility index (Phi) is 4.04. The summed E-state index contributed by atoms with van der Waals surface area (Å²) in [5, 5.41) is 0. The number of imidazole rings is 1. The van der Waals surface area contributed by atoms with Crippen molar-refractivity contribution in [2.75, 3.05) is 12.3 Å². The van der Waals surface area contributed by atoms with Crippen molar-refractivity contribution < 1.29 is 4.74 Å². The summed E-state index contributed by atoms with van der Waals surface area (Å²) in [6.07, 6.45) is 6.29. The number of hydrogen-bond donors (Lipinski definition) is 1. The van der Waals surface area contributed by atoms with E-state index in [2.05, 4.69) is 22.5 Å². The van der Waals surface area contributed by atoms with Crippen molar-refractivity contribution in [2.45, 2.75) is 52.0 Å². The van der Waals surface area contributed by atoms with Gasteiger partial charge in [-0.3, -0.25) is 0 Å². The van der Waals surface area contributed by atoms with Crippen LogP contribution in [0, 0.1) is 5.92 Å². The van der Waals surface area contributed by atoms with Crippen LogP contribution in [0.4, 0.5) is 5.95 Å². The molecule has 0 spiro atoms. The zero-order chi connectivity index (χ0) is 14.8. The topological polar surface area (TPSA) is 53.1 Å². The van der Waals surface area contributed by atoms with Crippen molar-refractivity contribution in [3.63, 3.8) is 0 Å². The normalized spacial score (nSPS) is 22.6. The minimum Gasteiger partial charge on any atom is -0.492 e. The quantitative estimate of drug-likeness (QED) is 0.918. The molecular formula is C17H25N3O. The Morgan fingerprint density at radius 1 is 1.24 bits per heavy atom. The number of benzene rings is 1. The van der Waals surface area contributed by atoms with E-state index in [1.165, 1.54) is 32.1 Å². The van der Waals surface area contributed by atoms with Crippen LogP contribution in [0.15, 0.2) is 18.2 Å². The Hall–Kier alpha value is -1.71. The summed E-state index contributed by atoms with van der Waals surface area (Å²) in [5.41, 5.74) is 8.22. The van der Waals surface area contributed by atoms with E-state index in [9.17, 15) is 0 Å². The van der Waals surface area contributed by atoms with Gasteiger partial charge >= 0.3 is 0 Å². The first-order valence-electron chi connectivity index (χ1n) is 8.13. The molecule has 2 N–H and O–H groups in total. The second-order valence-electron chi connectivity index (χ2n) is 5.98. The van der Waals surface area contributed by atoms with E-state index < -0.39 is 0 Å². The van der Waals surface area contributed by atoms with Crippen molar-refractivity contribution in [1.29, 1.82) is 0 Å². The molecule has 1 heterocycles. The van der Waals surface area contributed by atoms with Crippen molar-refractivity contribution in [3.05, 3.63) is 18.2 Å². The number of nitrogens with zero attached hydrogens (tertiary/aromatic N) is 2. The van der Waals surface area contributed by atoms with E-state index >= 15 is 0 Å². The predicted octanol–water partition coefficient (Wildman–Crippen LogP) is 4.16. The maximum Gasteiger partial charge on any atom is 0.201 e. The molecule has 1 aromatic carbocycles. The molecule has 4 heteroatoms. The van der Waals surface area contributed by atoms with Crippen LogP contribution in [0.2, 0.25) is 0 Å². The van der Waals surface area contributed by atoms with Gasteiger partial charge in [-0.2, -0.15) is 0 Å².